The Morgan fingerprint density at radius 2 is 2.10 bits per heavy atom. The molecule has 1 amide bonds. The van der Waals surface area contributed by atoms with Crippen molar-refractivity contribution in [2.75, 3.05) is 25.3 Å². The number of thiophene rings is 1. The molecular formula is C21H22N4O4S2. The van der Waals surface area contributed by atoms with E-state index >= 15 is 0 Å². The molecule has 1 aliphatic rings. The van der Waals surface area contributed by atoms with E-state index in [0.29, 0.717) is 21.5 Å². The van der Waals surface area contributed by atoms with Gasteiger partial charge in [0.25, 0.3) is 0 Å². The summed E-state index contributed by atoms with van der Waals surface area (Å²) in [6, 6.07) is 7.57. The first-order valence-electron chi connectivity index (χ1n) is 9.71. The Morgan fingerprint density at radius 3 is 2.87 bits per heavy atom. The zero-order chi connectivity index (χ0) is 22.0. The van der Waals surface area contributed by atoms with E-state index in [4.69, 9.17) is 9.47 Å². The van der Waals surface area contributed by atoms with Gasteiger partial charge in [0, 0.05) is 17.5 Å². The Morgan fingerprint density at radius 1 is 1.26 bits per heavy atom. The van der Waals surface area contributed by atoms with Crippen molar-refractivity contribution in [3.8, 4) is 17.1 Å². The minimum absolute atomic E-state index is 0.146. The topological polar surface area (TPSA) is 95.3 Å². The van der Waals surface area contributed by atoms with Crippen LogP contribution in [0.3, 0.4) is 0 Å². The second-order valence-corrected chi connectivity index (χ2v) is 9.03. The van der Waals surface area contributed by atoms with E-state index in [9.17, 15) is 9.59 Å². The van der Waals surface area contributed by atoms with Gasteiger partial charge in [-0.15, -0.1) is 21.5 Å². The van der Waals surface area contributed by atoms with E-state index < -0.39 is 5.97 Å². The van der Waals surface area contributed by atoms with E-state index in [-0.39, 0.29) is 11.7 Å². The van der Waals surface area contributed by atoms with Crippen LogP contribution in [0.25, 0.3) is 11.4 Å². The van der Waals surface area contributed by atoms with E-state index in [0.717, 1.165) is 41.0 Å². The highest BCUT2D eigenvalue weighted by atomic mass is 32.2. The van der Waals surface area contributed by atoms with E-state index in [1.807, 2.05) is 35.9 Å². The molecule has 10 heteroatoms. The first-order valence-corrected chi connectivity index (χ1v) is 11.5. The van der Waals surface area contributed by atoms with Crippen LogP contribution in [0.5, 0.6) is 5.75 Å². The molecule has 1 N–H and O–H groups in total. The van der Waals surface area contributed by atoms with E-state index in [2.05, 4.69) is 15.5 Å². The van der Waals surface area contributed by atoms with Crippen molar-refractivity contribution in [3.05, 3.63) is 40.3 Å². The highest BCUT2D eigenvalue weighted by Crippen LogP contribution is 2.39. The molecule has 4 rings (SSSR count). The van der Waals surface area contributed by atoms with Crippen LogP contribution in [0.2, 0.25) is 0 Å². The summed E-state index contributed by atoms with van der Waals surface area (Å²) in [5, 5.41) is 12.5. The molecule has 0 fully saturated rings. The summed E-state index contributed by atoms with van der Waals surface area (Å²) < 4.78 is 12.0. The minimum Gasteiger partial charge on any atom is -0.497 e. The van der Waals surface area contributed by atoms with Gasteiger partial charge in [0.05, 0.1) is 25.5 Å². The van der Waals surface area contributed by atoms with Gasteiger partial charge in [-0.25, -0.2) is 4.79 Å². The van der Waals surface area contributed by atoms with Gasteiger partial charge in [-0.1, -0.05) is 23.9 Å². The quantitative estimate of drug-likeness (QED) is 0.427. The number of anilines is 1. The van der Waals surface area contributed by atoms with Crippen molar-refractivity contribution in [3.63, 3.8) is 0 Å². The average molecular weight is 459 g/mol. The lowest BCUT2D eigenvalue weighted by molar-refractivity contribution is -0.113. The molecule has 162 valence electrons. The van der Waals surface area contributed by atoms with Gasteiger partial charge in [0.15, 0.2) is 11.0 Å². The van der Waals surface area contributed by atoms with Gasteiger partial charge in [0.2, 0.25) is 5.91 Å². The summed E-state index contributed by atoms with van der Waals surface area (Å²) in [7, 11) is 4.83. The number of methoxy groups -OCH3 is 2. The maximum absolute atomic E-state index is 12.6. The van der Waals surface area contributed by atoms with Crippen LogP contribution in [0.1, 0.15) is 27.2 Å². The number of thioether (sulfide) groups is 1. The number of carbonyl (C=O) groups excluding carboxylic acids is 2. The van der Waals surface area contributed by atoms with Gasteiger partial charge >= 0.3 is 5.97 Å². The summed E-state index contributed by atoms with van der Waals surface area (Å²) in [5.41, 5.74) is 2.38. The lowest BCUT2D eigenvalue weighted by Crippen LogP contribution is -2.16. The summed E-state index contributed by atoms with van der Waals surface area (Å²) >= 11 is 2.75. The van der Waals surface area contributed by atoms with Crippen molar-refractivity contribution < 1.29 is 19.1 Å². The number of hydrogen-bond acceptors (Lipinski definition) is 8. The molecule has 0 spiro atoms. The third-order valence-corrected chi connectivity index (χ3v) is 7.29. The Hall–Kier alpha value is -2.85. The van der Waals surface area contributed by atoms with Crippen LogP contribution >= 0.6 is 23.1 Å². The zero-order valence-electron chi connectivity index (χ0n) is 17.4. The number of hydrogen-bond donors (Lipinski definition) is 1. The lowest BCUT2D eigenvalue weighted by Gasteiger charge is -2.07. The number of fused-ring (bicyclic) bond motifs is 1. The van der Waals surface area contributed by atoms with Crippen LogP contribution < -0.4 is 10.1 Å². The normalized spacial score (nSPS) is 12.5. The Bertz CT molecular complexity index is 1140. The number of rotatable bonds is 7. The number of nitrogens with zero attached hydrogens (tertiary/aromatic N) is 3. The second kappa shape index (κ2) is 9.11. The predicted molar refractivity (Wildman–Crippen MR) is 120 cm³/mol. The number of esters is 1. The molecule has 3 aromatic rings. The van der Waals surface area contributed by atoms with Gasteiger partial charge in [0.1, 0.15) is 10.8 Å². The molecule has 0 atom stereocenters. The molecular weight excluding hydrogens is 436 g/mol. The molecule has 0 radical (unpaired) electrons. The standard InChI is InChI=1S/C21H22N4O4S2/c1-25-18(12-6-4-7-13(10-12)28-2)23-24-21(25)30-11-16(26)22-19-17(20(27)29-3)14-8-5-9-15(14)31-19/h4,6-7,10H,5,8-9,11H2,1-3H3,(H,22,26). The van der Waals surface area contributed by atoms with E-state index in [1.165, 1.54) is 30.2 Å². The number of amides is 1. The molecule has 0 saturated carbocycles. The second-order valence-electron chi connectivity index (χ2n) is 6.99. The van der Waals surface area contributed by atoms with Crippen molar-refractivity contribution in [2.45, 2.75) is 24.4 Å². The van der Waals surface area contributed by atoms with Crippen LogP contribution in [0.4, 0.5) is 5.00 Å². The summed E-state index contributed by atoms with van der Waals surface area (Å²) in [4.78, 5) is 26.0. The van der Waals surface area contributed by atoms with E-state index in [1.54, 1.807) is 7.11 Å². The molecule has 8 nitrogen and oxygen atoms in total. The molecule has 0 saturated heterocycles. The van der Waals surface area contributed by atoms with Crippen LogP contribution in [-0.2, 0) is 29.4 Å². The number of carbonyl (C=O) groups is 2. The Kier molecular flexibility index (Phi) is 6.28. The fraction of sp³-hybridized carbons (Fsp3) is 0.333. The van der Waals surface area contributed by atoms with Crippen molar-refractivity contribution in [1.82, 2.24) is 14.8 Å². The highest BCUT2D eigenvalue weighted by Gasteiger charge is 2.28. The number of aryl methyl sites for hydroxylation is 1. The van der Waals surface area contributed by atoms with Crippen molar-refractivity contribution >= 4 is 40.0 Å². The lowest BCUT2D eigenvalue weighted by atomic mass is 10.1. The fourth-order valence-corrected chi connectivity index (χ4v) is 5.56. The maximum atomic E-state index is 12.6. The summed E-state index contributed by atoms with van der Waals surface area (Å²) in [5.74, 6) is 0.954. The molecule has 2 aromatic heterocycles. The monoisotopic (exact) mass is 458 g/mol. The van der Waals surface area contributed by atoms with Crippen molar-refractivity contribution in [1.29, 1.82) is 0 Å². The molecule has 1 aromatic carbocycles. The number of ether oxygens (including phenoxy) is 2. The summed E-state index contributed by atoms with van der Waals surface area (Å²) in [6.45, 7) is 0. The largest absolute Gasteiger partial charge is 0.497 e. The zero-order valence-corrected chi connectivity index (χ0v) is 19.1. The highest BCUT2D eigenvalue weighted by molar-refractivity contribution is 7.99. The Labute approximate surface area is 188 Å². The first kappa shape index (κ1) is 21.4. The summed E-state index contributed by atoms with van der Waals surface area (Å²) in [6.07, 6.45) is 2.80. The molecule has 0 bridgehead atoms. The van der Waals surface area contributed by atoms with Gasteiger partial charge in [-0.05, 0) is 37.0 Å². The van der Waals surface area contributed by atoms with Crippen molar-refractivity contribution in [2.24, 2.45) is 7.05 Å². The third-order valence-electron chi connectivity index (χ3n) is 5.06. The number of benzene rings is 1. The first-order chi connectivity index (χ1) is 15.0. The molecule has 1 aliphatic carbocycles. The number of nitrogens with one attached hydrogen (secondary N) is 1. The van der Waals surface area contributed by atoms with Gasteiger partial charge < -0.3 is 19.4 Å². The van der Waals surface area contributed by atoms with Crippen LogP contribution in [0, 0.1) is 0 Å². The minimum atomic E-state index is -0.404. The molecule has 0 unspecified atom stereocenters. The molecule has 31 heavy (non-hydrogen) atoms. The smallest absolute Gasteiger partial charge is 0.341 e. The average Bonchev–Trinajstić information content (AvgIpc) is 3.46. The van der Waals surface area contributed by atoms with Crippen LogP contribution in [0.15, 0.2) is 29.4 Å². The van der Waals surface area contributed by atoms with Gasteiger partial charge in [-0.2, -0.15) is 0 Å². The molecule has 0 aliphatic heterocycles. The Balaban J connectivity index is 1.45. The third kappa shape index (κ3) is 4.31. The molecule has 2 heterocycles. The number of aromatic nitrogens is 3. The fourth-order valence-electron chi connectivity index (χ4n) is 3.56. The predicted octanol–water partition coefficient (Wildman–Crippen LogP) is 3.56. The van der Waals surface area contributed by atoms with Crippen LogP contribution in [-0.4, -0.2) is 46.6 Å². The maximum Gasteiger partial charge on any atom is 0.341 e. The van der Waals surface area contributed by atoms with Gasteiger partial charge in [-0.3, -0.25) is 4.79 Å². The SMILES string of the molecule is COC(=O)c1c(NC(=O)CSc2nnc(-c3cccc(OC)c3)n2C)sc2c1CCC2.